The van der Waals surface area contributed by atoms with Crippen molar-refractivity contribution in [2.24, 2.45) is 0 Å². The van der Waals surface area contributed by atoms with Crippen molar-refractivity contribution in [2.45, 2.75) is 33.6 Å². The van der Waals surface area contributed by atoms with Crippen LogP contribution in [0.5, 0.6) is 5.75 Å². The molecule has 1 aromatic heterocycles. The number of carbonyl (C=O) groups is 2. The van der Waals surface area contributed by atoms with Crippen LogP contribution >= 0.6 is 11.3 Å². The molecule has 1 heterocycles. The molecule has 1 amide bonds. The molecule has 7 heteroatoms. The summed E-state index contributed by atoms with van der Waals surface area (Å²) in [6.45, 7) is 6.31. The number of carbonyl (C=O) groups excluding carboxylic acids is 2. The molecule has 152 valence electrons. The number of aryl methyl sites for hydroxylation is 1. The van der Waals surface area contributed by atoms with Gasteiger partial charge in [-0.3, -0.25) is 10.1 Å². The van der Waals surface area contributed by atoms with Crippen molar-refractivity contribution in [1.29, 1.82) is 0 Å². The molecular weight excluding hydrogens is 388 g/mol. The lowest BCUT2D eigenvalue weighted by Gasteiger charge is -2.10. The highest BCUT2D eigenvalue weighted by Crippen LogP contribution is 2.27. The number of ether oxygens (including phenoxy) is 2. The molecule has 0 aliphatic rings. The molecule has 0 unspecified atom stereocenters. The largest absolute Gasteiger partial charge is 0.483 e. The summed E-state index contributed by atoms with van der Waals surface area (Å²) in [6.07, 6.45) is 1.81. The number of esters is 1. The number of amides is 1. The number of nitrogens with one attached hydrogen (secondary N) is 1. The number of thiazole rings is 1. The van der Waals surface area contributed by atoms with Crippen LogP contribution in [0.2, 0.25) is 0 Å². The third kappa shape index (κ3) is 5.32. The Bertz CT molecular complexity index is 1030. The number of benzene rings is 2. The van der Waals surface area contributed by atoms with Gasteiger partial charge in [0.15, 0.2) is 11.7 Å². The van der Waals surface area contributed by atoms with Gasteiger partial charge in [-0.1, -0.05) is 36.8 Å². The molecule has 3 aromatic rings. The molecule has 0 saturated carbocycles. The minimum atomic E-state index is -0.346. The van der Waals surface area contributed by atoms with Crippen molar-refractivity contribution in [2.75, 3.05) is 18.5 Å². The summed E-state index contributed by atoms with van der Waals surface area (Å²) in [5.74, 6) is 0.0566. The van der Waals surface area contributed by atoms with Crippen LogP contribution in [0.4, 0.5) is 5.13 Å². The summed E-state index contributed by atoms with van der Waals surface area (Å²) in [7, 11) is 0. The number of aromatic nitrogens is 1. The predicted octanol–water partition coefficient (Wildman–Crippen LogP) is 4.89. The Morgan fingerprint density at radius 2 is 2.00 bits per heavy atom. The second kappa shape index (κ2) is 9.52. The molecule has 0 spiro atoms. The number of fused-ring (bicyclic) bond motifs is 1. The summed E-state index contributed by atoms with van der Waals surface area (Å²) in [5.41, 5.74) is 3.32. The fraction of sp³-hybridized carbons (Fsp3) is 0.318. The van der Waals surface area contributed by atoms with Gasteiger partial charge < -0.3 is 9.47 Å². The van der Waals surface area contributed by atoms with Crippen LogP contribution in [0.3, 0.4) is 0 Å². The monoisotopic (exact) mass is 412 g/mol. The summed E-state index contributed by atoms with van der Waals surface area (Å²) in [6, 6.07) is 10.9. The van der Waals surface area contributed by atoms with E-state index in [0.29, 0.717) is 28.6 Å². The Kier molecular flexibility index (Phi) is 6.82. The SMILES string of the molecule is CCCCOC(=O)c1ccc2nc(NC(=O)COc3cccc(C)c3C)sc2c1. The lowest BCUT2D eigenvalue weighted by molar-refractivity contribution is -0.118. The first-order chi connectivity index (χ1) is 14.0. The van der Waals surface area contributed by atoms with Crippen LogP contribution in [-0.2, 0) is 9.53 Å². The summed E-state index contributed by atoms with van der Waals surface area (Å²) in [4.78, 5) is 28.7. The van der Waals surface area contributed by atoms with E-state index in [-0.39, 0.29) is 18.5 Å². The number of hydrogen-bond donors (Lipinski definition) is 1. The number of anilines is 1. The molecule has 0 aliphatic carbocycles. The van der Waals surface area contributed by atoms with E-state index in [9.17, 15) is 9.59 Å². The average molecular weight is 413 g/mol. The quantitative estimate of drug-likeness (QED) is 0.421. The molecule has 0 fully saturated rings. The molecule has 29 heavy (non-hydrogen) atoms. The maximum absolute atomic E-state index is 12.2. The lowest BCUT2D eigenvalue weighted by Crippen LogP contribution is -2.20. The van der Waals surface area contributed by atoms with E-state index in [1.54, 1.807) is 18.2 Å². The molecule has 0 saturated heterocycles. The van der Waals surface area contributed by atoms with Gasteiger partial charge in [-0.2, -0.15) is 0 Å². The Hall–Kier alpha value is -2.93. The topological polar surface area (TPSA) is 77.5 Å². The Labute approximate surface area is 173 Å². The summed E-state index contributed by atoms with van der Waals surface area (Å²) >= 11 is 1.31. The molecule has 0 bridgehead atoms. The highest BCUT2D eigenvalue weighted by Gasteiger charge is 2.13. The highest BCUT2D eigenvalue weighted by atomic mass is 32.1. The van der Waals surface area contributed by atoms with Gasteiger partial charge in [-0.15, -0.1) is 0 Å². The average Bonchev–Trinajstić information content (AvgIpc) is 3.10. The van der Waals surface area contributed by atoms with Crippen molar-refractivity contribution < 1.29 is 19.1 Å². The molecule has 0 aliphatic heterocycles. The van der Waals surface area contributed by atoms with Gasteiger partial charge >= 0.3 is 5.97 Å². The van der Waals surface area contributed by atoms with Crippen molar-refractivity contribution >= 4 is 38.6 Å². The zero-order chi connectivity index (χ0) is 20.8. The van der Waals surface area contributed by atoms with Gasteiger partial charge in [-0.25, -0.2) is 9.78 Å². The second-order valence-corrected chi connectivity index (χ2v) is 7.76. The zero-order valence-electron chi connectivity index (χ0n) is 16.8. The van der Waals surface area contributed by atoms with Crippen LogP contribution in [0.25, 0.3) is 10.2 Å². The van der Waals surface area contributed by atoms with Gasteiger partial charge in [0.2, 0.25) is 0 Å². The summed E-state index contributed by atoms with van der Waals surface area (Å²) in [5, 5.41) is 3.22. The van der Waals surface area contributed by atoms with Gasteiger partial charge in [0.25, 0.3) is 5.91 Å². The van der Waals surface area contributed by atoms with Gasteiger partial charge in [0, 0.05) is 0 Å². The fourth-order valence-electron chi connectivity index (χ4n) is 2.68. The Morgan fingerprint density at radius 1 is 1.17 bits per heavy atom. The van der Waals surface area contributed by atoms with Crippen LogP contribution in [0.1, 0.15) is 41.3 Å². The molecule has 1 N–H and O–H groups in total. The van der Waals surface area contributed by atoms with Gasteiger partial charge in [0.05, 0.1) is 22.4 Å². The van der Waals surface area contributed by atoms with E-state index in [1.807, 2.05) is 39.0 Å². The zero-order valence-corrected chi connectivity index (χ0v) is 17.6. The molecular formula is C22H24N2O4S. The first-order valence-electron chi connectivity index (χ1n) is 9.54. The van der Waals surface area contributed by atoms with E-state index in [2.05, 4.69) is 10.3 Å². The number of unbranched alkanes of at least 4 members (excludes halogenated alkanes) is 1. The standard InChI is InChI=1S/C22H24N2O4S/c1-4-5-11-27-21(26)16-9-10-17-19(12-16)29-22(23-17)24-20(25)13-28-18-8-6-7-14(2)15(18)3/h6-10,12H,4-5,11,13H2,1-3H3,(H,23,24,25). The Balaban J connectivity index is 1.62. The van der Waals surface area contributed by atoms with E-state index in [0.717, 1.165) is 28.7 Å². The number of nitrogens with zero attached hydrogens (tertiary/aromatic N) is 1. The third-order valence-corrected chi connectivity index (χ3v) is 5.45. The van der Waals surface area contributed by atoms with Crippen molar-refractivity contribution in [3.05, 3.63) is 53.1 Å². The maximum atomic E-state index is 12.2. The first kappa shape index (κ1) is 20.8. The smallest absolute Gasteiger partial charge is 0.338 e. The minimum Gasteiger partial charge on any atom is -0.483 e. The third-order valence-electron chi connectivity index (χ3n) is 4.52. The predicted molar refractivity (Wildman–Crippen MR) is 115 cm³/mol. The highest BCUT2D eigenvalue weighted by molar-refractivity contribution is 7.22. The molecule has 0 radical (unpaired) electrons. The molecule has 6 nitrogen and oxygen atoms in total. The normalized spacial score (nSPS) is 10.7. The number of rotatable bonds is 8. The van der Waals surface area contributed by atoms with Crippen molar-refractivity contribution in [3.8, 4) is 5.75 Å². The molecule has 0 atom stereocenters. The van der Waals surface area contributed by atoms with Crippen molar-refractivity contribution in [3.63, 3.8) is 0 Å². The Morgan fingerprint density at radius 3 is 2.79 bits per heavy atom. The fourth-order valence-corrected chi connectivity index (χ4v) is 3.60. The lowest BCUT2D eigenvalue weighted by atomic mass is 10.1. The van der Waals surface area contributed by atoms with Gasteiger partial charge in [-0.05, 0) is 55.7 Å². The van der Waals surface area contributed by atoms with E-state index in [1.165, 1.54) is 11.3 Å². The summed E-state index contributed by atoms with van der Waals surface area (Å²) < 4.78 is 11.7. The maximum Gasteiger partial charge on any atom is 0.338 e. The number of hydrogen-bond acceptors (Lipinski definition) is 6. The van der Waals surface area contributed by atoms with Crippen molar-refractivity contribution in [1.82, 2.24) is 4.98 Å². The first-order valence-corrected chi connectivity index (χ1v) is 10.4. The second-order valence-electron chi connectivity index (χ2n) is 6.73. The molecule has 3 rings (SSSR count). The van der Waals surface area contributed by atoms with E-state index >= 15 is 0 Å². The van der Waals surface area contributed by atoms with Crippen LogP contribution in [0, 0.1) is 13.8 Å². The van der Waals surface area contributed by atoms with Gasteiger partial charge in [0.1, 0.15) is 5.75 Å². The van der Waals surface area contributed by atoms with Crippen LogP contribution in [-0.4, -0.2) is 30.1 Å². The molecule has 2 aromatic carbocycles. The van der Waals surface area contributed by atoms with E-state index in [4.69, 9.17) is 9.47 Å². The minimum absolute atomic E-state index is 0.102. The van der Waals surface area contributed by atoms with E-state index < -0.39 is 0 Å². The van der Waals surface area contributed by atoms with Crippen LogP contribution < -0.4 is 10.1 Å². The van der Waals surface area contributed by atoms with Crippen LogP contribution in [0.15, 0.2) is 36.4 Å².